The maximum atomic E-state index is 10.3. The Morgan fingerprint density at radius 3 is 2.90 bits per heavy atom. The van der Waals surface area contributed by atoms with E-state index in [4.69, 9.17) is 0 Å². The molecule has 0 radical (unpaired) electrons. The Morgan fingerprint density at radius 2 is 2.15 bits per heavy atom. The molecule has 3 rings (SSSR count). The number of nitrogens with zero attached hydrogens (tertiary/aromatic N) is 1. The van der Waals surface area contributed by atoms with Crippen LogP contribution >= 0.6 is 11.3 Å². The Balaban J connectivity index is 1.62. The van der Waals surface area contributed by atoms with Crippen molar-refractivity contribution in [3.8, 4) is 0 Å². The molecule has 0 spiro atoms. The number of fused-ring (bicyclic) bond motifs is 1. The van der Waals surface area contributed by atoms with Crippen LogP contribution in [0.15, 0.2) is 23.7 Å². The molecule has 1 aliphatic carbocycles. The average Bonchev–Trinajstić information content (AvgIpc) is 3.01. The monoisotopic (exact) mass is 293 g/mol. The molecule has 1 aliphatic rings. The van der Waals surface area contributed by atoms with Crippen molar-refractivity contribution in [3.05, 3.63) is 29.3 Å². The van der Waals surface area contributed by atoms with E-state index < -0.39 is 18.3 Å². The number of thiazole rings is 1. The summed E-state index contributed by atoms with van der Waals surface area (Å²) < 4.78 is 1.12. The van der Waals surface area contributed by atoms with Crippen LogP contribution < -0.4 is 0 Å². The van der Waals surface area contributed by atoms with E-state index in [1.165, 1.54) is 0 Å². The highest BCUT2D eigenvalue weighted by Crippen LogP contribution is 2.33. The summed E-state index contributed by atoms with van der Waals surface area (Å²) in [6.07, 6.45) is 1.08. The molecule has 20 heavy (non-hydrogen) atoms. The Kier molecular flexibility index (Phi) is 4.03. The van der Waals surface area contributed by atoms with Crippen LogP contribution in [0.2, 0.25) is 0 Å². The summed E-state index contributed by atoms with van der Waals surface area (Å²) in [5.41, 5.74) is 3.59. The zero-order valence-electron chi connectivity index (χ0n) is 11.1. The highest BCUT2D eigenvalue weighted by atomic mass is 32.1. The highest BCUT2D eigenvalue weighted by Gasteiger charge is 2.31. The Morgan fingerprint density at radius 1 is 1.30 bits per heavy atom. The second-order valence-corrected chi connectivity index (χ2v) is 6.51. The molecular formula is C15H19NO3S. The fourth-order valence-electron chi connectivity index (χ4n) is 3.00. The Hall–Kier alpha value is -1.01. The number of rotatable bonds is 4. The van der Waals surface area contributed by atoms with Gasteiger partial charge in [-0.25, -0.2) is 4.98 Å². The van der Waals surface area contributed by atoms with Gasteiger partial charge in [0.15, 0.2) is 0 Å². The van der Waals surface area contributed by atoms with Crippen LogP contribution in [0.25, 0.3) is 10.2 Å². The Bertz CT molecular complexity index is 585. The summed E-state index contributed by atoms with van der Waals surface area (Å²) in [7, 11) is 0. The second kappa shape index (κ2) is 5.77. The van der Waals surface area contributed by atoms with E-state index in [0.29, 0.717) is 19.3 Å². The number of aromatic nitrogens is 1. The van der Waals surface area contributed by atoms with Gasteiger partial charge in [0.2, 0.25) is 0 Å². The lowest BCUT2D eigenvalue weighted by atomic mass is 9.95. The zero-order valence-corrected chi connectivity index (χ0v) is 12.0. The molecule has 0 saturated heterocycles. The third kappa shape index (κ3) is 2.86. The van der Waals surface area contributed by atoms with E-state index in [-0.39, 0.29) is 5.92 Å². The van der Waals surface area contributed by atoms with Crippen molar-refractivity contribution in [3.63, 3.8) is 0 Å². The molecule has 1 aromatic heterocycles. The van der Waals surface area contributed by atoms with E-state index in [1.807, 2.05) is 18.2 Å². The summed E-state index contributed by atoms with van der Waals surface area (Å²) in [5.74, 6) is 0.0997. The van der Waals surface area contributed by atoms with Crippen molar-refractivity contribution in [2.45, 2.75) is 44.0 Å². The number of benzene rings is 1. The van der Waals surface area contributed by atoms with Gasteiger partial charge in [0, 0.05) is 0 Å². The lowest BCUT2D eigenvalue weighted by molar-refractivity contribution is 0.102. The van der Waals surface area contributed by atoms with E-state index in [9.17, 15) is 15.3 Å². The van der Waals surface area contributed by atoms with E-state index in [0.717, 1.165) is 22.2 Å². The first-order chi connectivity index (χ1) is 9.63. The van der Waals surface area contributed by atoms with Crippen LogP contribution in [-0.4, -0.2) is 32.5 Å². The van der Waals surface area contributed by atoms with Crippen LogP contribution in [0.5, 0.6) is 0 Å². The van der Waals surface area contributed by atoms with Crippen molar-refractivity contribution >= 4 is 21.6 Å². The van der Waals surface area contributed by atoms with Crippen molar-refractivity contribution in [2.24, 2.45) is 5.92 Å². The largest absolute Gasteiger partial charge is 0.393 e. The smallest absolute Gasteiger partial charge is 0.0815 e. The third-order valence-electron chi connectivity index (χ3n) is 4.18. The first-order valence-electron chi connectivity index (χ1n) is 7.01. The molecule has 0 amide bonds. The molecule has 4 nitrogen and oxygen atoms in total. The number of aliphatic hydroxyl groups is 3. The van der Waals surface area contributed by atoms with Gasteiger partial charge in [0.25, 0.3) is 0 Å². The van der Waals surface area contributed by atoms with Gasteiger partial charge < -0.3 is 15.3 Å². The van der Waals surface area contributed by atoms with E-state index in [1.54, 1.807) is 16.8 Å². The molecule has 4 atom stereocenters. The average molecular weight is 293 g/mol. The van der Waals surface area contributed by atoms with Crippen molar-refractivity contribution in [2.75, 3.05) is 0 Å². The van der Waals surface area contributed by atoms with Gasteiger partial charge in [-0.3, -0.25) is 0 Å². The molecule has 108 valence electrons. The minimum Gasteiger partial charge on any atom is -0.393 e. The Labute approximate surface area is 121 Å². The number of hydrogen-bond acceptors (Lipinski definition) is 5. The SMILES string of the molecule is OC(CCC1C[C@@H](O)C[C@H]1O)c1ccc2scnc2c1. The van der Waals surface area contributed by atoms with Crippen LogP contribution in [0.1, 0.15) is 37.4 Å². The predicted octanol–water partition coefficient (Wildman–Crippen LogP) is 2.24. The maximum Gasteiger partial charge on any atom is 0.0815 e. The zero-order chi connectivity index (χ0) is 14.1. The lowest BCUT2D eigenvalue weighted by Gasteiger charge is -2.17. The molecule has 0 aliphatic heterocycles. The lowest BCUT2D eigenvalue weighted by Crippen LogP contribution is -2.14. The molecule has 3 N–H and O–H groups in total. The van der Waals surface area contributed by atoms with Gasteiger partial charge in [0.05, 0.1) is 34.0 Å². The molecule has 1 saturated carbocycles. The third-order valence-corrected chi connectivity index (χ3v) is 4.99. The van der Waals surface area contributed by atoms with Gasteiger partial charge in [-0.2, -0.15) is 0 Å². The summed E-state index contributed by atoms with van der Waals surface area (Å²) in [6.45, 7) is 0. The van der Waals surface area contributed by atoms with Gasteiger partial charge in [0.1, 0.15) is 0 Å². The predicted molar refractivity (Wildman–Crippen MR) is 78.6 cm³/mol. The van der Waals surface area contributed by atoms with Gasteiger partial charge >= 0.3 is 0 Å². The first-order valence-corrected chi connectivity index (χ1v) is 7.89. The summed E-state index contributed by atoms with van der Waals surface area (Å²) in [6, 6.07) is 5.85. The van der Waals surface area contributed by atoms with Gasteiger partial charge in [-0.15, -0.1) is 11.3 Å². The first kappa shape index (κ1) is 13.9. The highest BCUT2D eigenvalue weighted by molar-refractivity contribution is 7.16. The minimum absolute atomic E-state index is 0.0997. The molecule has 1 aromatic carbocycles. The minimum atomic E-state index is -0.536. The topological polar surface area (TPSA) is 73.6 Å². The van der Waals surface area contributed by atoms with Crippen LogP contribution in [0.4, 0.5) is 0 Å². The van der Waals surface area contributed by atoms with Crippen molar-refractivity contribution in [1.82, 2.24) is 4.98 Å². The normalized spacial score (nSPS) is 28.1. The molecular weight excluding hydrogens is 274 g/mol. The molecule has 0 bridgehead atoms. The fraction of sp³-hybridized carbons (Fsp3) is 0.533. The number of aliphatic hydroxyl groups excluding tert-OH is 3. The fourth-order valence-corrected chi connectivity index (χ4v) is 3.66. The standard InChI is InChI=1S/C15H19NO3S/c17-11-5-9(14(19)7-11)1-3-13(18)10-2-4-15-12(6-10)16-8-20-15/h2,4,6,8-9,11,13-14,17-19H,1,3,5,7H2/t9?,11-,13?,14-/m1/s1. The van der Waals surface area contributed by atoms with Crippen molar-refractivity contribution < 1.29 is 15.3 Å². The molecule has 5 heteroatoms. The molecule has 1 fully saturated rings. The van der Waals surface area contributed by atoms with Crippen LogP contribution in [0.3, 0.4) is 0 Å². The molecule has 1 heterocycles. The quantitative estimate of drug-likeness (QED) is 0.808. The summed E-state index contributed by atoms with van der Waals surface area (Å²) in [4.78, 5) is 4.26. The van der Waals surface area contributed by atoms with Crippen LogP contribution in [0, 0.1) is 5.92 Å². The maximum absolute atomic E-state index is 10.3. The number of hydrogen-bond donors (Lipinski definition) is 3. The molecule has 2 aromatic rings. The van der Waals surface area contributed by atoms with Crippen molar-refractivity contribution in [1.29, 1.82) is 0 Å². The van der Waals surface area contributed by atoms with Crippen LogP contribution in [-0.2, 0) is 0 Å². The van der Waals surface area contributed by atoms with Gasteiger partial charge in [-0.1, -0.05) is 6.07 Å². The van der Waals surface area contributed by atoms with Gasteiger partial charge in [-0.05, 0) is 49.3 Å². The van der Waals surface area contributed by atoms with E-state index >= 15 is 0 Å². The molecule has 2 unspecified atom stereocenters. The summed E-state index contributed by atoms with van der Waals surface area (Å²) in [5, 5.41) is 29.6. The van der Waals surface area contributed by atoms with E-state index in [2.05, 4.69) is 4.98 Å². The summed E-state index contributed by atoms with van der Waals surface area (Å²) >= 11 is 1.59. The second-order valence-electron chi connectivity index (χ2n) is 5.63.